The second-order valence-electron chi connectivity index (χ2n) is 7.73. The van der Waals surface area contributed by atoms with E-state index in [4.69, 9.17) is 15.2 Å². The molecule has 0 aromatic heterocycles. The van der Waals surface area contributed by atoms with Gasteiger partial charge in [0.25, 0.3) is 0 Å². The summed E-state index contributed by atoms with van der Waals surface area (Å²) >= 11 is 0. The van der Waals surface area contributed by atoms with E-state index in [-0.39, 0.29) is 17.9 Å². The third-order valence-corrected chi connectivity index (χ3v) is 5.68. The molecule has 2 rings (SSSR count). The molecule has 8 heteroatoms. The van der Waals surface area contributed by atoms with Gasteiger partial charge in [-0.05, 0) is 40.2 Å². The van der Waals surface area contributed by atoms with Crippen LogP contribution < -0.4 is 11.1 Å². The molecule has 160 valence electrons. The number of allylic oxidation sites excluding steroid dienone is 2. The largest absolute Gasteiger partial charge is 0.469 e. The summed E-state index contributed by atoms with van der Waals surface area (Å²) in [7, 11) is 3.24. The van der Waals surface area contributed by atoms with E-state index in [1.165, 1.54) is 7.11 Å². The Morgan fingerprint density at radius 1 is 1.50 bits per heavy atom. The van der Waals surface area contributed by atoms with Crippen molar-refractivity contribution >= 4 is 5.97 Å². The van der Waals surface area contributed by atoms with Crippen molar-refractivity contribution in [3.05, 3.63) is 22.9 Å². The monoisotopic (exact) mass is 397 g/mol. The van der Waals surface area contributed by atoms with Gasteiger partial charge in [0.1, 0.15) is 0 Å². The lowest BCUT2D eigenvalue weighted by molar-refractivity contribution is -0.148. The van der Waals surface area contributed by atoms with Crippen LogP contribution in [0.25, 0.3) is 0 Å². The molecule has 0 bridgehead atoms. The summed E-state index contributed by atoms with van der Waals surface area (Å²) in [5.74, 6) is -1.22. The Bertz CT molecular complexity index is 607. The molecule has 0 aromatic rings. The van der Waals surface area contributed by atoms with Crippen LogP contribution in [0.4, 0.5) is 0 Å². The molecule has 8 nitrogen and oxygen atoms in total. The zero-order valence-corrected chi connectivity index (χ0v) is 17.4. The number of nitrogens with zero attached hydrogens (tertiary/aromatic N) is 1. The molecule has 5 unspecified atom stereocenters. The molecule has 0 radical (unpaired) electrons. The first-order chi connectivity index (χ1) is 13.3. The highest BCUT2D eigenvalue weighted by molar-refractivity contribution is 5.75. The van der Waals surface area contributed by atoms with Crippen molar-refractivity contribution in [2.75, 3.05) is 34.0 Å². The molecule has 0 spiro atoms. The van der Waals surface area contributed by atoms with Gasteiger partial charge in [-0.15, -0.1) is 0 Å². The molecule has 0 saturated heterocycles. The number of carbonyl (C=O) groups excluding carboxylic acids is 1. The second-order valence-corrected chi connectivity index (χ2v) is 7.73. The van der Waals surface area contributed by atoms with Gasteiger partial charge < -0.3 is 30.7 Å². The van der Waals surface area contributed by atoms with E-state index < -0.39 is 18.3 Å². The van der Waals surface area contributed by atoms with Crippen LogP contribution in [0, 0.1) is 11.8 Å². The van der Waals surface area contributed by atoms with Crippen molar-refractivity contribution in [3.63, 3.8) is 0 Å². The summed E-state index contributed by atoms with van der Waals surface area (Å²) < 4.78 is 10.8. The summed E-state index contributed by atoms with van der Waals surface area (Å²) in [4.78, 5) is 14.5. The average molecular weight is 398 g/mol. The minimum Gasteiger partial charge on any atom is -0.469 e. The third-order valence-electron chi connectivity index (χ3n) is 5.68. The highest BCUT2D eigenvalue weighted by Gasteiger charge is 2.44. The standard InChI is InChI=1S/C20H35N3O5/c1-12-16(19(25)27-4)18(14-6-5-7-15(24)10-14)17(13(2)22-12)20(26)28-9-8-23(3)11-21/h10,12,15-16,18,20,22,24,26H,5-9,11,21H2,1-4H3. The fourth-order valence-corrected chi connectivity index (χ4v) is 4.16. The van der Waals surface area contributed by atoms with Crippen LogP contribution in [0.2, 0.25) is 0 Å². The predicted octanol–water partition coefficient (Wildman–Crippen LogP) is 0.312. The Hall–Kier alpha value is -1.45. The van der Waals surface area contributed by atoms with Gasteiger partial charge in [0.05, 0.1) is 25.7 Å². The minimum atomic E-state index is -1.16. The van der Waals surface area contributed by atoms with E-state index in [0.717, 1.165) is 24.1 Å². The number of methoxy groups -OCH3 is 1. The van der Waals surface area contributed by atoms with E-state index in [0.29, 0.717) is 31.8 Å². The first-order valence-electron chi connectivity index (χ1n) is 9.92. The number of esters is 1. The van der Waals surface area contributed by atoms with Crippen LogP contribution in [0.5, 0.6) is 0 Å². The Kier molecular flexibility index (Phi) is 8.45. The number of aliphatic hydroxyl groups is 2. The molecular formula is C20H35N3O5. The molecule has 0 fully saturated rings. The molecule has 5 N–H and O–H groups in total. The third kappa shape index (κ3) is 5.33. The highest BCUT2D eigenvalue weighted by atomic mass is 16.6. The van der Waals surface area contributed by atoms with Gasteiger partial charge >= 0.3 is 5.97 Å². The Morgan fingerprint density at radius 3 is 2.82 bits per heavy atom. The van der Waals surface area contributed by atoms with Crippen molar-refractivity contribution in [2.24, 2.45) is 17.6 Å². The molecule has 28 heavy (non-hydrogen) atoms. The number of carbonyl (C=O) groups is 1. The maximum Gasteiger partial charge on any atom is 0.311 e. The van der Waals surface area contributed by atoms with E-state index in [1.54, 1.807) is 0 Å². The molecule has 1 aliphatic carbocycles. The Morgan fingerprint density at radius 2 is 2.21 bits per heavy atom. The molecule has 1 aliphatic heterocycles. The van der Waals surface area contributed by atoms with Gasteiger partial charge in [0, 0.05) is 36.4 Å². The first-order valence-corrected chi connectivity index (χ1v) is 9.92. The van der Waals surface area contributed by atoms with E-state index >= 15 is 0 Å². The predicted molar refractivity (Wildman–Crippen MR) is 106 cm³/mol. The zero-order valence-electron chi connectivity index (χ0n) is 17.4. The lowest BCUT2D eigenvalue weighted by atomic mass is 9.70. The molecule has 0 saturated carbocycles. The molecular weight excluding hydrogens is 362 g/mol. The quantitative estimate of drug-likeness (QED) is 0.263. The topological polar surface area (TPSA) is 117 Å². The van der Waals surface area contributed by atoms with Gasteiger partial charge in [-0.3, -0.25) is 9.69 Å². The number of hydrogen-bond donors (Lipinski definition) is 4. The fourth-order valence-electron chi connectivity index (χ4n) is 4.16. The van der Waals surface area contributed by atoms with Crippen LogP contribution >= 0.6 is 0 Å². The van der Waals surface area contributed by atoms with E-state index in [1.807, 2.05) is 31.9 Å². The Labute approximate surface area is 167 Å². The molecule has 2 aliphatic rings. The fraction of sp³-hybridized carbons (Fsp3) is 0.750. The highest BCUT2D eigenvalue weighted by Crippen LogP contribution is 2.41. The number of nitrogens with one attached hydrogen (secondary N) is 1. The number of rotatable bonds is 8. The lowest BCUT2D eigenvalue weighted by Crippen LogP contribution is -2.50. The van der Waals surface area contributed by atoms with Crippen molar-refractivity contribution in [2.45, 2.75) is 51.5 Å². The maximum atomic E-state index is 12.6. The van der Waals surface area contributed by atoms with Gasteiger partial charge in [-0.25, -0.2) is 0 Å². The van der Waals surface area contributed by atoms with Crippen LogP contribution in [-0.2, 0) is 14.3 Å². The summed E-state index contributed by atoms with van der Waals surface area (Å²) in [5.41, 5.74) is 7.95. The maximum absolute atomic E-state index is 12.6. The minimum absolute atomic E-state index is 0.170. The number of likely N-dealkylation sites (N-methyl/N-ethyl adjacent to an activating group) is 1. The van der Waals surface area contributed by atoms with Crippen LogP contribution in [0.1, 0.15) is 33.1 Å². The normalized spacial score (nSPS) is 29.4. The first kappa shape index (κ1) is 22.8. The second kappa shape index (κ2) is 10.4. The molecule has 5 atom stereocenters. The van der Waals surface area contributed by atoms with E-state index in [2.05, 4.69) is 5.32 Å². The summed E-state index contributed by atoms with van der Waals surface area (Å²) in [6.45, 7) is 5.09. The van der Waals surface area contributed by atoms with Crippen molar-refractivity contribution in [1.29, 1.82) is 0 Å². The van der Waals surface area contributed by atoms with Crippen LogP contribution in [0.3, 0.4) is 0 Å². The average Bonchev–Trinajstić information content (AvgIpc) is 2.66. The molecule has 1 heterocycles. The number of nitrogens with two attached hydrogens (primary N) is 1. The number of ether oxygens (including phenoxy) is 2. The van der Waals surface area contributed by atoms with Gasteiger partial charge in [-0.2, -0.15) is 0 Å². The zero-order chi connectivity index (χ0) is 20.8. The van der Waals surface area contributed by atoms with Gasteiger partial charge in [0.2, 0.25) is 0 Å². The smallest absolute Gasteiger partial charge is 0.311 e. The summed E-state index contributed by atoms with van der Waals surface area (Å²) in [6, 6.07) is -0.170. The van der Waals surface area contributed by atoms with E-state index in [9.17, 15) is 15.0 Å². The van der Waals surface area contributed by atoms with Gasteiger partial charge in [0.15, 0.2) is 6.29 Å². The summed E-state index contributed by atoms with van der Waals surface area (Å²) in [6.07, 6.45) is 2.43. The summed E-state index contributed by atoms with van der Waals surface area (Å²) in [5, 5.41) is 24.3. The number of hydrogen-bond acceptors (Lipinski definition) is 8. The number of aliphatic hydroxyl groups excluding tert-OH is 2. The molecule has 0 amide bonds. The van der Waals surface area contributed by atoms with Crippen molar-refractivity contribution in [3.8, 4) is 0 Å². The van der Waals surface area contributed by atoms with Crippen molar-refractivity contribution in [1.82, 2.24) is 10.2 Å². The Balaban J connectivity index is 2.34. The van der Waals surface area contributed by atoms with Gasteiger partial charge in [-0.1, -0.05) is 11.6 Å². The molecule has 0 aromatic carbocycles. The SMILES string of the molecule is COC(=O)C1C(C)NC(C)=C(C(O)OCCN(C)CN)C1C1=CC(O)CCC1. The van der Waals surface area contributed by atoms with Crippen LogP contribution in [-0.4, -0.2) is 73.5 Å². The van der Waals surface area contributed by atoms with Crippen LogP contribution in [0.15, 0.2) is 22.9 Å². The van der Waals surface area contributed by atoms with Crippen molar-refractivity contribution < 1.29 is 24.5 Å². The lowest BCUT2D eigenvalue weighted by Gasteiger charge is -2.42.